The highest BCUT2D eigenvalue weighted by molar-refractivity contribution is 5.99. The summed E-state index contributed by atoms with van der Waals surface area (Å²) >= 11 is 0. The highest BCUT2D eigenvalue weighted by atomic mass is 16.1. The van der Waals surface area contributed by atoms with Crippen LogP contribution in [0.15, 0.2) is 6.07 Å². The fraction of sp³-hybridized carbons (Fsp3) is 0.400. The molecule has 1 aromatic heterocycles. The molecule has 1 saturated carbocycles. The van der Waals surface area contributed by atoms with Gasteiger partial charge in [0.05, 0.1) is 0 Å². The second-order valence-electron chi connectivity index (χ2n) is 3.92. The molecule has 0 unspecified atom stereocenters. The first kappa shape index (κ1) is 7.79. The van der Waals surface area contributed by atoms with Crippen LogP contribution in [0.25, 0.3) is 0 Å². The lowest BCUT2D eigenvalue weighted by molar-refractivity contribution is 0.0965. The predicted molar refractivity (Wildman–Crippen MR) is 51.8 cm³/mol. The molecule has 0 atom stereocenters. The van der Waals surface area contributed by atoms with Crippen molar-refractivity contribution in [1.29, 1.82) is 0 Å². The molecule has 0 radical (unpaired) electrons. The molecule has 0 saturated heterocycles. The molecular formula is C10H11N3O. The Morgan fingerprint density at radius 2 is 2.29 bits per heavy atom. The lowest BCUT2D eigenvalue weighted by atomic mass is 10.1. The van der Waals surface area contributed by atoms with Crippen LogP contribution in [0.4, 0.5) is 5.82 Å². The van der Waals surface area contributed by atoms with Gasteiger partial charge in [0, 0.05) is 29.3 Å². The van der Waals surface area contributed by atoms with Gasteiger partial charge in [-0.25, -0.2) is 4.98 Å². The average molecular weight is 189 g/mol. The first-order valence-corrected chi connectivity index (χ1v) is 4.83. The van der Waals surface area contributed by atoms with E-state index in [1.165, 1.54) is 12.8 Å². The van der Waals surface area contributed by atoms with E-state index in [4.69, 9.17) is 5.73 Å². The van der Waals surface area contributed by atoms with Crippen LogP contribution in [-0.4, -0.2) is 10.9 Å². The fourth-order valence-electron chi connectivity index (χ4n) is 1.85. The Morgan fingerprint density at radius 3 is 3.00 bits per heavy atom. The molecular weight excluding hydrogens is 178 g/mol. The zero-order valence-electron chi connectivity index (χ0n) is 7.71. The Morgan fingerprint density at radius 1 is 1.50 bits per heavy atom. The maximum Gasteiger partial charge on any atom is 0.252 e. The van der Waals surface area contributed by atoms with E-state index in [0.29, 0.717) is 18.3 Å². The highest BCUT2D eigenvalue weighted by Crippen LogP contribution is 2.40. The number of nitrogens with zero attached hydrogens (tertiary/aromatic N) is 1. The molecule has 3 N–H and O–H groups in total. The molecule has 1 aliphatic carbocycles. The number of rotatable bonds is 1. The van der Waals surface area contributed by atoms with Gasteiger partial charge in [0.25, 0.3) is 5.91 Å². The minimum atomic E-state index is -0.0176. The number of nitrogen functional groups attached to an aromatic ring is 1. The minimum absolute atomic E-state index is 0.0176. The van der Waals surface area contributed by atoms with Gasteiger partial charge in [0.1, 0.15) is 5.82 Å². The maximum atomic E-state index is 11.4. The van der Waals surface area contributed by atoms with E-state index in [2.05, 4.69) is 10.3 Å². The standard InChI is InChI=1S/C10H11N3O/c11-9-7-4-12-10(14)6(7)3-8(13-9)5-1-2-5/h3,5H,1-2,4H2,(H2,11,13)(H,12,14). The number of hydrogen-bond donors (Lipinski definition) is 2. The zero-order valence-corrected chi connectivity index (χ0v) is 7.71. The van der Waals surface area contributed by atoms with Crippen molar-refractivity contribution in [2.45, 2.75) is 25.3 Å². The Bertz CT molecular complexity index is 424. The van der Waals surface area contributed by atoms with E-state index < -0.39 is 0 Å². The smallest absolute Gasteiger partial charge is 0.252 e. The minimum Gasteiger partial charge on any atom is -0.383 e. The second kappa shape index (κ2) is 2.47. The van der Waals surface area contributed by atoms with Crippen molar-refractivity contribution in [1.82, 2.24) is 10.3 Å². The summed E-state index contributed by atoms with van der Waals surface area (Å²) in [7, 11) is 0. The molecule has 2 aliphatic rings. The van der Waals surface area contributed by atoms with Crippen LogP contribution in [0.1, 0.15) is 40.4 Å². The lowest BCUT2D eigenvalue weighted by Crippen LogP contribution is -2.12. The van der Waals surface area contributed by atoms with Gasteiger partial charge >= 0.3 is 0 Å². The number of hydrogen-bond acceptors (Lipinski definition) is 3. The molecule has 0 spiro atoms. The van der Waals surface area contributed by atoms with Crippen LogP contribution >= 0.6 is 0 Å². The number of nitrogens with two attached hydrogens (primary N) is 1. The number of aromatic nitrogens is 1. The molecule has 1 aromatic rings. The van der Waals surface area contributed by atoms with Crippen molar-refractivity contribution in [3.8, 4) is 0 Å². The summed E-state index contributed by atoms with van der Waals surface area (Å²) in [5, 5.41) is 2.75. The summed E-state index contributed by atoms with van der Waals surface area (Å²) in [6.45, 7) is 0.526. The molecule has 4 heteroatoms. The SMILES string of the molecule is Nc1nc(C2CC2)cc2c1CNC2=O. The lowest BCUT2D eigenvalue weighted by Gasteiger charge is -2.04. The Balaban J connectivity index is 2.16. The van der Waals surface area contributed by atoms with Crippen molar-refractivity contribution in [3.63, 3.8) is 0 Å². The number of carbonyl (C=O) groups excluding carboxylic acids is 1. The van der Waals surface area contributed by atoms with Crippen molar-refractivity contribution in [3.05, 3.63) is 22.9 Å². The molecule has 3 rings (SSSR count). The maximum absolute atomic E-state index is 11.4. The summed E-state index contributed by atoms with van der Waals surface area (Å²) in [6.07, 6.45) is 2.35. The van der Waals surface area contributed by atoms with Crippen molar-refractivity contribution in [2.24, 2.45) is 0 Å². The summed E-state index contributed by atoms with van der Waals surface area (Å²) in [4.78, 5) is 15.7. The molecule has 1 fully saturated rings. The molecule has 0 aromatic carbocycles. The van der Waals surface area contributed by atoms with Crippen LogP contribution < -0.4 is 11.1 Å². The van der Waals surface area contributed by atoms with Gasteiger partial charge in [0.15, 0.2) is 0 Å². The number of amides is 1. The molecule has 1 amide bonds. The van der Waals surface area contributed by atoms with Crippen molar-refractivity contribution >= 4 is 11.7 Å². The molecule has 1 aliphatic heterocycles. The van der Waals surface area contributed by atoms with Gasteiger partial charge < -0.3 is 11.1 Å². The van der Waals surface area contributed by atoms with E-state index >= 15 is 0 Å². The number of pyridine rings is 1. The van der Waals surface area contributed by atoms with Crippen molar-refractivity contribution in [2.75, 3.05) is 5.73 Å². The van der Waals surface area contributed by atoms with Crippen LogP contribution in [0, 0.1) is 0 Å². The number of fused-ring (bicyclic) bond motifs is 1. The topological polar surface area (TPSA) is 68.0 Å². The largest absolute Gasteiger partial charge is 0.383 e. The monoisotopic (exact) mass is 189 g/mol. The van der Waals surface area contributed by atoms with E-state index in [1.807, 2.05) is 6.07 Å². The van der Waals surface area contributed by atoms with E-state index in [1.54, 1.807) is 0 Å². The van der Waals surface area contributed by atoms with Gasteiger partial charge in [-0.15, -0.1) is 0 Å². The molecule has 72 valence electrons. The van der Waals surface area contributed by atoms with Gasteiger partial charge in [-0.1, -0.05) is 0 Å². The summed E-state index contributed by atoms with van der Waals surface area (Å²) < 4.78 is 0. The second-order valence-corrected chi connectivity index (χ2v) is 3.92. The van der Waals surface area contributed by atoms with Crippen LogP contribution in [0.3, 0.4) is 0 Å². The number of nitrogens with one attached hydrogen (secondary N) is 1. The summed E-state index contributed by atoms with van der Waals surface area (Å²) in [5.41, 5.74) is 8.36. The highest BCUT2D eigenvalue weighted by Gasteiger charge is 2.29. The molecule has 14 heavy (non-hydrogen) atoms. The van der Waals surface area contributed by atoms with E-state index in [9.17, 15) is 4.79 Å². The Kier molecular flexibility index (Phi) is 1.37. The number of carbonyl (C=O) groups is 1. The third-order valence-corrected chi connectivity index (χ3v) is 2.84. The predicted octanol–water partition coefficient (Wildman–Crippen LogP) is 0.785. The van der Waals surface area contributed by atoms with Gasteiger partial charge in [-0.05, 0) is 18.9 Å². The van der Waals surface area contributed by atoms with E-state index in [-0.39, 0.29) is 5.91 Å². The first-order valence-electron chi connectivity index (χ1n) is 4.83. The molecule has 0 bridgehead atoms. The van der Waals surface area contributed by atoms with Gasteiger partial charge in [0.2, 0.25) is 0 Å². The van der Waals surface area contributed by atoms with Crippen LogP contribution in [0.5, 0.6) is 0 Å². The van der Waals surface area contributed by atoms with Gasteiger partial charge in [-0.3, -0.25) is 4.79 Å². The third kappa shape index (κ3) is 0.999. The third-order valence-electron chi connectivity index (χ3n) is 2.84. The van der Waals surface area contributed by atoms with E-state index in [0.717, 1.165) is 16.8 Å². The van der Waals surface area contributed by atoms with Crippen LogP contribution in [0.2, 0.25) is 0 Å². The summed E-state index contributed by atoms with van der Waals surface area (Å²) in [5.74, 6) is 1.04. The normalized spacial score (nSPS) is 19.3. The van der Waals surface area contributed by atoms with Crippen molar-refractivity contribution < 1.29 is 4.79 Å². The Labute approximate surface area is 81.5 Å². The number of anilines is 1. The molecule has 4 nitrogen and oxygen atoms in total. The molecule has 2 heterocycles. The quantitative estimate of drug-likeness (QED) is 0.686. The summed E-state index contributed by atoms with van der Waals surface area (Å²) in [6, 6.07) is 1.89. The Hall–Kier alpha value is -1.58. The first-order chi connectivity index (χ1) is 6.75. The van der Waals surface area contributed by atoms with Gasteiger partial charge in [-0.2, -0.15) is 0 Å². The fourth-order valence-corrected chi connectivity index (χ4v) is 1.85. The average Bonchev–Trinajstić information content (AvgIpc) is 2.93. The zero-order chi connectivity index (χ0) is 9.71. The van der Waals surface area contributed by atoms with Crippen LogP contribution in [-0.2, 0) is 6.54 Å².